The fourth-order valence-corrected chi connectivity index (χ4v) is 4.08. The van der Waals surface area contributed by atoms with E-state index in [2.05, 4.69) is 26.6 Å². The number of hydrogen-bond donors (Lipinski definition) is 2. The molecule has 0 bridgehead atoms. The molecule has 7 heteroatoms. The number of nitrogens with one attached hydrogen (secondary N) is 2. The Morgan fingerprint density at radius 2 is 1.90 bits per heavy atom. The Labute approximate surface area is 184 Å². The highest BCUT2D eigenvalue weighted by Gasteiger charge is 2.19. The van der Waals surface area contributed by atoms with Crippen LogP contribution in [0.3, 0.4) is 0 Å². The van der Waals surface area contributed by atoms with E-state index in [0.717, 1.165) is 35.7 Å². The normalized spacial score (nSPS) is 14.3. The van der Waals surface area contributed by atoms with E-state index in [0.29, 0.717) is 22.0 Å². The lowest BCUT2D eigenvalue weighted by molar-refractivity contribution is -0.118. The number of carbonyl (C=O) groups is 2. The monoisotopic (exact) mass is 478 g/mol. The van der Waals surface area contributed by atoms with Crippen molar-refractivity contribution < 1.29 is 14.3 Å². The Morgan fingerprint density at radius 1 is 1.14 bits per heavy atom. The third-order valence-electron chi connectivity index (χ3n) is 4.93. The summed E-state index contributed by atoms with van der Waals surface area (Å²) in [6.07, 6.45) is 5.47. The van der Waals surface area contributed by atoms with E-state index in [-0.39, 0.29) is 24.5 Å². The molecule has 0 aliphatic heterocycles. The van der Waals surface area contributed by atoms with Crippen molar-refractivity contribution in [1.82, 2.24) is 5.32 Å². The molecule has 0 heterocycles. The van der Waals surface area contributed by atoms with Gasteiger partial charge in [-0.2, -0.15) is 0 Å². The zero-order valence-electron chi connectivity index (χ0n) is 16.3. The van der Waals surface area contributed by atoms with E-state index < -0.39 is 0 Å². The zero-order chi connectivity index (χ0) is 20.8. The summed E-state index contributed by atoms with van der Waals surface area (Å²) >= 11 is 9.61. The predicted octanol–water partition coefficient (Wildman–Crippen LogP) is 5.49. The molecule has 154 valence electrons. The number of rotatable bonds is 6. The zero-order valence-corrected chi connectivity index (χ0v) is 18.6. The van der Waals surface area contributed by atoms with E-state index in [1.807, 2.05) is 25.1 Å². The van der Waals surface area contributed by atoms with Gasteiger partial charge in [-0.15, -0.1) is 0 Å². The summed E-state index contributed by atoms with van der Waals surface area (Å²) < 4.78 is 6.54. The maximum Gasteiger partial charge on any atom is 0.262 e. The fourth-order valence-electron chi connectivity index (χ4n) is 3.40. The van der Waals surface area contributed by atoms with Crippen molar-refractivity contribution in [2.45, 2.75) is 45.1 Å². The average molecular weight is 480 g/mol. The lowest BCUT2D eigenvalue weighted by Crippen LogP contribution is -2.36. The molecular weight excluding hydrogens is 456 g/mol. The lowest BCUT2D eigenvalue weighted by Gasteiger charge is -2.23. The van der Waals surface area contributed by atoms with Crippen LogP contribution in [0.25, 0.3) is 0 Å². The Bertz CT molecular complexity index is 898. The summed E-state index contributed by atoms with van der Waals surface area (Å²) in [6.45, 7) is 1.78. The Morgan fingerprint density at radius 3 is 2.62 bits per heavy atom. The van der Waals surface area contributed by atoms with E-state index in [9.17, 15) is 9.59 Å². The molecule has 2 aromatic rings. The molecule has 1 fully saturated rings. The molecule has 2 amide bonds. The summed E-state index contributed by atoms with van der Waals surface area (Å²) in [5.74, 6) is 0.125. The van der Waals surface area contributed by atoms with Crippen molar-refractivity contribution >= 4 is 45.0 Å². The van der Waals surface area contributed by atoms with E-state index >= 15 is 0 Å². The number of aryl methyl sites for hydroxylation is 1. The minimum Gasteiger partial charge on any atom is -0.483 e. The van der Waals surface area contributed by atoms with Gasteiger partial charge in [-0.3, -0.25) is 9.59 Å². The summed E-state index contributed by atoms with van der Waals surface area (Å²) in [7, 11) is 0. The minimum absolute atomic E-state index is 0.130. The van der Waals surface area contributed by atoms with Gasteiger partial charge in [0.05, 0.1) is 10.6 Å². The second-order valence-electron chi connectivity index (χ2n) is 7.25. The maximum absolute atomic E-state index is 12.6. The molecule has 0 spiro atoms. The molecule has 3 rings (SSSR count). The predicted molar refractivity (Wildman–Crippen MR) is 119 cm³/mol. The Hall–Kier alpha value is -2.05. The first-order valence-corrected chi connectivity index (χ1v) is 10.9. The van der Waals surface area contributed by atoms with Crippen LogP contribution in [0, 0.1) is 6.92 Å². The summed E-state index contributed by atoms with van der Waals surface area (Å²) in [5, 5.41) is 6.17. The summed E-state index contributed by atoms with van der Waals surface area (Å²) in [4.78, 5) is 24.9. The molecule has 2 N–H and O–H groups in total. The number of ether oxygens (including phenoxy) is 1. The van der Waals surface area contributed by atoms with Gasteiger partial charge in [-0.05, 0) is 61.7 Å². The number of amides is 2. The van der Waals surface area contributed by atoms with Crippen molar-refractivity contribution in [3.8, 4) is 5.75 Å². The molecule has 29 heavy (non-hydrogen) atoms. The first-order chi connectivity index (χ1) is 13.9. The smallest absolute Gasteiger partial charge is 0.262 e. The second-order valence-corrected chi connectivity index (χ2v) is 8.57. The lowest BCUT2D eigenvalue weighted by atomic mass is 9.95. The SMILES string of the molecule is Cc1cc(Br)ccc1OCC(=O)Nc1ccc(Cl)c(C(=O)NC2CCCCC2)c1. The molecule has 0 saturated heterocycles. The molecule has 0 aromatic heterocycles. The molecule has 2 aromatic carbocycles. The summed E-state index contributed by atoms with van der Waals surface area (Å²) in [5.41, 5.74) is 1.80. The van der Waals surface area contributed by atoms with Crippen molar-refractivity contribution in [3.63, 3.8) is 0 Å². The van der Waals surface area contributed by atoms with Crippen LogP contribution in [-0.4, -0.2) is 24.5 Å². The van der Waals surface area contributed by atoms with Crippen molar-refractivity contribution in [2.24, 2.45) is 0 Å². The minimum atomic E-state index is -0.312. The van der Waals surface area contributed by atoms with E-state index in [1.54, 1.807) is 18.2 Å². The van der Waals surface area contributed by atoms with Crippen LogP contribution in [0.1, 0.15) is 48.0 Å². The van der Waals surface area contributed by atoms with Gasteiger partial charge in [0, 0.05) is 16.2 Å². The van der Waals surface area contributed by atoms with Gasteiger partial charge in [0.25, 0.3) is 11.8 Å². The number of carbonyl (C=O) groups excluding carboxylic acids is 2. The first-order valence-electron chi connectivity index (χ1n) is 9.71. The highest BCUT2D eigenvalue weighted by molar-refractivity contribution is 9.10. The van der Waals surface area contributed by atoms with E-state index in [1.165, 1.54) is 6.42 Å². The van der Waals surface area contributed by atoms with Crippen molar-refractivity contribution in [2.75, 3.05) is 11.9 Å². The van der Waals surface area contributed by atoms with Gasteiger partial charge in [-0.25, -0.2) is 0 Å². The van der Waals surface area contributed by atoms with Crippen LogP contribution >= 0.6 is 27.5 Å². The Balaban J connectivity index is 1.59. The maximum atomic E-state index is 12.6. The molecular formula is C22H24BrClN2O3. The highest BCUT2D eigenvalue weighted by Crippen LogP contribution is 2.24. The molecule has 0 unspecified atom stereocenters. The van der Waals surface area contributed by atoms with Gasteiger partial charge in [-0.1, -0.05) is 46.8 Å². The van der Waals surface area contributed by atoms with Gasteiger partial charge in [0.2, 0.25) is 0 Å². The second kappa shape index (κ2) is 10.1. The van der Waals surface area contributed by atoms with Gasteiger partial charge < -0.3 is 15.4 Å². The van der Waals surface area contributed by atoms with E-state index in [4.69, 9.17) is 16.3 Å². The van der Waals surface area contributed by atoms with Crippen LogP contribution in [-0.2, 0) is 4.79 Å². The van der Waals surface area contributed by atoms with Crippen LogP contribution in [0.2, 0.25) is 5.02 Å². The Kier molecular flexibility index (Phi) is 7.56. The average Bonchev–Trinajstić information content (AvgIpc) is 2.69. The molecule has 1 saturated carbocycles. The number of anilines is 1. The fraction of sp³-hybridized carbons (Fsp3) is 0.364. The molecule has 5 nitrogen and oxygen atoms in total. The van der Waals surface area contributed by atoms with Crippen LogP contribution < -0.4 is 15.4 Å². The van der Waals surface area contributed by atoms with Crippen molar-refractivity contribution in [1.29, 1.82) is 0 Å². The van der Waals surface area contributed by atoms with Crippen LogP contribution in [0.5, 0.6) is 5.75 Å². The standard InChI is InChI=1S/C22H24BrClN2O3/c1-14-11-15(23)7-10-20(14)29-13-21(27)25-17-8-9-19(24)18(12-17)22(28)26-16-5-3-2-4-6-16/h7-12,16H,2-6,13H2,1H3,(H,25,27)(H,26,28). The van der Waals surface area contributed by atoms with Gasteiger partial charge in [0.1, 0.15) is 5.75 Å². The number of hydrogen-bond acceptors (Lipinski definition) is 3. The molecule has 1 aliphatic rings. The highest BCUT2D eigenvalue weighted by atomic mass is 79.9. The topological polar surface area (TPSA) is 67.4 Å². The van der Waals surface area contributed by atoms with Gasteiger partial charge >= 0.3 is 0 Å². The summed E-state index contributed by atoms with van der Waals surface area (Å²) in [6, 6.07) is 10.7. The molecule has 0 radical (unpaired) electrons. The largest absolute Gasteiger partial charge is 0.483 e. The quantitative estimate of drug-likeness (QED) is 0.575. The van der Waals surface area contributed by atoms with Gasteiger partial charge in [0.15, 0.2) is 6.61 Å². The number of benzene rings is 2. The third kappa shape index (κ3) is 6.21. The molecule has 1 aliphatic carbocycles. The van der Waals surface area contributed by atoms with Crippen LogP contribution in [0.15, 0.2) is 40.9 Å². The van der Waals surface area contributed by atoms with Crippen molar-refractivity contribution in [3.05, 3.63) is 57.0 Å². The first kappa shape index (κ1) is 21.7. The molecule has 0 atom stereocenters. The number of halogens is 2. The van der Waals surface area contributed by atoms with Crippen LogP contribution in [0.4, 0.5) is 5.69 Å². The third-order valence-corrected chi connectivity index (χ3v) is 5.75.